The van der Waals surface area contributed by atoms with Gasteiger partial charge in [0.2, 0.25) is 0 Å². The lowest BCUT2D eigenvalue weighted by Crippen LogP contribution is -2.39. The predicted octanol–water partition coefficient (Wildman–Crippen LogP) is 4.46. The van der Waals surface area contributed by atoms with E-state index in [1.54, 1.807) is 6.20 Å². The van der Waals surface area contributed by atoms with Crippen molar-refractivity contribution in [3.05, 3.63) is 78.0 Å². The summed E-state index contributed by atoms with van der Waals surface area (Å²) < 4.78 is 0. The lowest BCUT2D eigenvalue weighted by Gasteiger charge is -2.40. The molecule has 124 valence electrons. The van der Waals surface area contributed by atoms with Crippen LogP contribution in [-0.4, -0.2) is 10.1 Å². The fraction of sp³-hybridized carbons (Fsp3) is 0.273. The van der Waals surface area contributed by atoms with Crippen LogP contribution < -0.4 is 0 Å². The second-order valence-corrected chi connectivity index (χ2v) is 7.01. The number of aromatic nitrogens is 1. The van der Waals surface area contributed by atoms with E-state index in [4.69, 9.17) is 0 Å². The molecule has 1 aliphatic rings. The van der Waals surface area contributed by atoms with E-state index >= 15 is 0 Å². The maximum Gasteiger partial charge on any atom is 0.0913 e. The zero-order chi connectivity index (χ0) is 17.3. The first-order valence-electron chi connectivity index (χ1n) is 8.70. The second-order valence-electron chi connectivity index (χ2n) is 7.01. The van der Waals surface area contributed by atoms with E-state index in [0.717, 1.165) is 22.0 Å². The Hall–Kier alpha value is -2.70. The van der Waals surface area contributed by atoms with E-state index < -0.39 is 11.0 Å². The minimum absolute atomic E-state index is 0.502. The Morgan fingerprint density at radius 1 is 0.880 bits per heavy atom. The third kappa shape index (κ3) is 2.69. The molecule has 0 spiro atoms. The molecule has 0 amide bonds. The van der Waals surface area contributed by atoms with Crippen LogP contribution in [-0.2, 0) is 11.0 Å². The highest BCUT2D eigenvalue weighted by atomic mass is 16.3. The number of benzene rings is 2. The quantitative estimate of drug-likeness (QED) is 0.755. The summed E-state index contributed by atoms with van der Waals surface area (Å²) in [5, 5.41) is 22.1. The molecule has 1 heterocycles. The van der Waals surface area contributed by atoms with Crippen LogP contribution >= 0.6 is 0 Å². The van der Waals surface area contributed by atoms with Crippen molar-refractivity contribution in [3.63, 3.8) is 0 Å². The van der Waals surface area contributed by atoms with Gasteiger partial charge in [-0.15, -0.1) is 0 Å². The van der Waals surface area contributed by atoms with Gasteiger partial charge in [-0.1, -0.05) is 48.5 Å². The SMILES string of the molecule is N#CC1(c2ccccc2)CCC(O)(c2cnc3ccccc3c2)CC1. The molecule has 0 bridgehead atoms. The number of aliphatic hydroxyl groups is 1. The van der Waals surface area contributed by atoms with Crippen molar-refractivity contribution in [2.24, 2.45) is 0 Å². The van der Waals surface area contributed by atoms with Gasteiger partial charge in [-0.25, -0.2) is 0 Å². The molecule has 0 unspecified atom stereocenters. The van der Waals surface area contributed by atoms with E-state index in [-0.39, 0.29) is 0 Å². The Kier molecular flexibility index (Phi) is 3.78. The summed E-state index contributed by atoms with van der Waals surface area (Å²) in [5.41, 5.74) is 1.42. The summed E-state index contributed by atoms with van der Waals surface area (Å²) in [6, 6.07) is 22.4. The zero-order valence-corrected chi connectivity index (χ0v) is 14.0. The van der Waals surface area contributed by atoms with Crippen LogP contribution in [0.2, 0.25) is 0 Å². The van der Waals surface area contributed by atoms with Crippen molar-refractivity contribution in [1.29, 1.82) is 5.26 Å². The molecule has 3 heteroatoms. The molecule has 0 saturated heterocycles. The number of nitrogens with zero attached hydrogens (tertiary/aromatic N) is 2. The van der Waals surface area contributed by atoms with Gasteiger partial charge < -0.3 is 5.11 Å². The molecular weight excluding hydrogens is 308 g/mol. The van der Waals surface area contributed by atoms with Crippen LogP contribution in [0.25, 0.3) is 10.9 Å². The summed E-state index contributed by atoms with van der Waals surface area (Å²) >= 11 is 0. The van der Waals surface area contributed by atoms with Gasteiger partial charge in [-0.3, -0.25) is 4.98 Å². The fourth-order valence-electron chi connectivity index (χ4n) is 3.93. The van der Waals surface area contributed by atoms with Gasteiger partial charge in [0.1, 0.15) is 0 Å². The number of para-hydroxylation sites is 1. The first kappa shape index (κ1) is 15.8. The highest BCUT2D eigenvalue weighted by molar-refractivity contribution is 5.78. The molecule has 25 heavy (non-hydrogen) atoms. The molecule has 2 aromatic carbocycles. The van der Waals surface area contributed by atoms with Crippen LogP contribution in [0.5, 0.6) is 0 Å². The fourth-order valence-corrected chi connectivity index (χ4v) is 3.93. The summed E-state index contributed by atoms with van der Waals surface area (Å²) in [6.45, 7) is 0. The van der Waals surface area contributed by atoms with E-state index in [1.807, 2.05) is 60.7 Å². The standard InChI is InChI=1S/C22H20N2O/c23-16-21(18-7-2-1-3-8-18)10-12-22(25,13-11-21)19-14-17-6-4-5-9-20(17)24-15-19/h1-9,14-15,25H,10-13H2. The summed E-state index contributed by atoms with van der Waals surface area (Å²) in [6.07, 6.45) is 4.21. The minimum atomic E-state index is -0.911. The Morgan fingerprint density at radius 3 is 2.28 bits per heavy atom. The van der Waals surface area contributed by atoms with Gasteiger partial charge in [-0.2, -0.15) is 5.26 Å². The highest BCUT2D eigenvalue weighted by Crippen LogP contribution is 2.47. The summed E-state index contributed by atoms with van der Waals surface area (Å²) in [4.78, 5) is 4.49. The molecule has 0 radical (unpaired) electrons. The number of pyridine rings is 1. The minimum Gasteiger partial charge on any atom is -0.385 e. The number of hydrogen-bond donors (Lipinski definition) is 1. The smallest absolute Gasteiger partial charge is 0.0913 e. The molecule has 1 N–H and O–H groups in total. The van der Waals surface area contributed by atoms with Gasteiger partial charge in [0.05, 0.1) is 22.6 Å². The summed E-state index contributed by atoms with van der Waals surface area (Å²) in [5.74, 6) is 0. The number of fused-ring (bicyclic) bond motifs is 1. The predicted molar refractivity (Wildman–Crippen MR) is 97.8 cm³/mol. The van der Waals surface area contributed by atoms with Crippen molar-refractivity contribution >= 4 is 10.9 Å². The van der Waals surface area contributed by atoms with Crippen molar-refractivity contribution in [3.8, 4) is 6.07 Å². The lowest BCUT2D eigenvalue weighted by atomic mass is 9.64. The molecular formula is C22H20N2O. The molecule has 3 aromatic rings. The van der Waals surface area contributed by atoms with Crippen LogP contribution in [0.15, 0.2) is 66.9 Å². The average molecular weight is 328 g/mol. The monoisotopic (exact) mass is 328 g/mol. The zero-order valence-electron chi connectivity index (χ0n) is 14.0. The molecule has 1 fully saturated rings. The van der Waals surface area contributed by atoms with E-state index in [2.05, 4.69) is 11.1 Å². The molecule has 1 aromatic heterocycles. The van der Waals surface area contributed by atoms with Gasteiger partial charge in [-0.05, 0) is 43.4 Å². The highest BCUT2D eigenvalue weighted by Gasteiger charge is 2.44. The maximum atomic E-state index is 11.2. The Labute approximate surface area is 147 Å². The number of nitriles is 1. The molecule has 1 saturated carbocycles. The van der Waals surface area contributed by atoms with Crippen molar-refractivity contribution in [1.82, 2.24) is 4.98 Å². The molecule has 1 aliphatic carbocycles. The van der Waals surface area contributed by atoms with Crippen LogP contribution in [0, 0.1) is 11.3 Å². The van der Waals surface area contributed by atoms with Gasteiger partial charge in [0.25, 0.3) is 0 Å². The van der Waals surface area contributed by atoms with Crippen molar-refractivity contribution in [2.45, 2.75) is 36.7 Å². The first-order valence-corrected chi connectivity index (χ1v) is 8.70. The number of rotatable bonds is 2. The van der Waals surface area contributed by atoms with Crippen molar-refractivity contribution in [2.75, 3.05) is 0 Å². The number of hydrogen-bond acceptors (Lipinski definition) is 3. The van der Waals surface area contributed by atoms with Crippen LogP contribution in [0.3, 0.4) is 0 Å². The maximum absolute atomic E-state index is 11.2. The topological polar surface area (TPSA) is 56.9 Å². The lowest BCUT2D eigenvalue weighted by molar-refractivity contribution is -0.0139. The first-order chi connectivity index (χ1) is 12.2. The second kappa shape index (κ2) is 5.98. The molecule has 0 aliphatic heterocycles. The molecule has 4 rings (SSSR count). The van der Waals surface area contributed by atoms with Gasteiger partial charge >= 0.3 is 0 Å². The van der Waals surface area contributed by atoms with Crippen LogP contribution in [0.1, 0.15) is 36.8 Å². The van der Waals surface area contributed by atoms with Crippen molar-refractivity contribution < 1.29 is 5.11 Å². The molecule has 3 nitrogen and oxygen atoms in total. The normalized spacial score (nSPS) is 26.2. The van der Waals surface area contributed by atoms with E-state index in [0.29, 0.717) is 25.7 Å². The third-order valence-electron chi connectivity index (χ3n) is 5.60. The average Bonchev–Trinajstić information content (AvgIpc) is 2.69. The molecule has 0 atom stereocenters. The van der Waals surface area contributed by atoms with Gasteiger partial charge in [0, 0.05) is 17.1 Å². The Morgan fingerprint density at radius 2 is 1.56 bits per heavy atom. The Bertz CT molecular complexity index is 935. The Balaban J connectivity index is 1.64. The largest absolute Gasteiger partial charge is 0.385 e. The van der Waals surface area contributed by atoms with E-state index in [9.17, 15) is 10.4 Å². The van der Waals surface area contributed by atoms with Gasteiger partial charge in [0.15, 0.2) is 0 Å². The third-order valence-corrected chi connectivity index (χ3v) is 5.60. The summed E-state index contributed by atoms with van der Waals surface area (Å²) in [7, 11) is 0. The van der Waals surface area contributed by atoms with Crippen LogP contribution in [0.4, 0.5) is 0 Å². The van der Waals surface area contributed by atoms with E-state index in [1.165, 1.54) is 0 Å².